The number of H-pyrrole nitrogens is 1. The van der Waals surface area contributed by atoms with E-state index in [4.69, 9.17) is 0 Å². The molecule has 0 saturated carbocycles. The van der Waals surface area contributed by atoms with Crippen molar-refractivity contribution < 1.29 is 4.79 Å². The minimum atomic E-state index is 0.144. The van der Waals surface area contributed by atoms with Gasteiger partial charge in [-0.2, -0.15) is 0 Å². The molecule has 0 unspecified atom stereocenters. The number of benzene rings is 1. The van der Waals surface area contributed by atoms with Crippen LogP contribution in [0, 0.1) is 0 Å². The number of hydrogen-bond acceptors (Lipinski definition) is 4. The first-order valence-electron chi connectivity index (χ1n) is 7.33. The summed E-state index contributed by atoms with van der Waals surface area (Å²) in [6.07, 6.45) is 3.45. The van der Waals surface area contributed by atoms with Gasteiger partial charge >= 0.3 is 0 Å². The highest BCUT2D eigenvalue weighted by molar-refractivity contribution is 7.99. The van der Waals surface area contributed by atoms with Gasteiger partial charge in [0.05, 0.1) is 5.75 Å². The number of nitrogens with one attached hydrogen (secondary N) is 1. The zero-order valence-electron chi connectivity index (χ0n) is 12.3. The summed E-state index contributed by atoms with van der Waals surface area (Å²) in [6.45, 7) is 4.12. The molecule has 1 aromatic heterocycles. The van der Waals surface area contributed by atoms with Crippen molar-refractivity contribution >= 4 is 17.5 Å². The molecule has 0 fully saturated rings. The Hall–Kier alpha value is -1.62. The molecule has 1 aromatic carbocycles. The van der Waals surface area contributed by atoms with Crippen LogP contribution in [-0.4, -0.2) is 26.7 Å². The molecule has 0 saturated heterocycles. The lowest BCUT2D eigenvalue weighted by Crippen LogP contribution is -2.03. The van der Waals surface area contributed by atoms with Crippen LogP contribution in [0.5, 0.6) is 0 Å². The van der Waals surface area contributed by atoms with Gasteiger partial charge in [0.15, 0.2) is 5.78 Å². The van der Waals surface area contributed by atoms with Gasteiger partial charge < -0.3 is 0 Å². The fraction of sp³-hybridized carbons (Fsp3) is 0.438. The van der Waals surface area contributed by atoms with Crippen molar-refractivity contribution in [3.05, 3.63) is 40.7 Å². The van der Waals surface area contributed by atoms with Gasteiger partial charge in [-0.25, -0.2) is 4.98 Å². The van der Waals surface area contributed by atoms with Gasteiger partial charge in [-0.3, -0.25) is 9.89 Å². The molecular weight excluding hydrogens is 282 g/mol. The van der Waals surface area contributed by atoms with Crippen LogP contribution in [0.4, 0.5) is 0 Å². The maximum absolute atomic E-state index is 12.3. The summed E-state index contributed by atoms with van der Waals surface area (Å²) in [6, 6.07) is 6.11. The molecule has 2 aromatic rings. The van der Waals surface area contributed by atoms with E-state index in [9.17, 15) is 4.79 Å². The molecule has 1 heterocycles. The predicted molar refractivity (Wildman–Crippen MR) is 84.0 cm³/mol. The first kappa shape index (κ1) is 14.3. The number of aromatic nitrogens is 3. The molecule has 0 aliphatic heterocycles. The summed E-state index contributed by atoms with van der Waals surface area (Å²) in [5, 5.41) is 7.69. The second kappa shape index (κ2) is 6.02. The number of rotatable bonds is 5. The second-order valence-corrected chi connectivity index (χ2v) is 6.65. The highest BCUT2D eigenvalue weighted by Gasteiger charge is 2.15. The van der Waals surface area contributed by atoms with E-state index in [1.165, 1.54) is 29.3 Å². The maximum atomic E-state index is 12.3. The number of hydrogen-bond donors (Lipinski definition) is 1. The standard InChI is InChI=1S/C16H19N3OS/c1-10(2)15-17-16(19-18-15)21-9-14(20)13-7-6-11-4-3-5-12(11)8-13/h6-8,10H,3-5,9H2,1-2H3,(H,17,18,19). The first-order valence-corrected chi connectivity index (χ1v) is 8.32. The van der Waals surface area contributed by atoms with Crippen LogP contribution in [-0.2, 0) is 12.8 Å². The lowest BCUT2D eigenvalue weighted by molar-refractivity contribution is 0.102. The summed E-state index contributed by atoms with van der Waals surface area (Å²) in [5.74, 6) is 1.71. The summed E-state index contributed by atoms with van der Waals surface area (Å²) in [7, 11) is 0. The largest absolute Gasteiger partial charge is 0.293 e. The molecular formula is C16H19N3OS. The van der Waals surface area contributed by atoms with Gasteiger partial charge in [-0.15, -0.1) is 5.10 Å². The highest BCUT2D eigenvalue weighted by atomic mass is 32.2. The minimum absolute atomic E-state index is 0.144. The van der Waals surface area contributed by atoms with Crippen molar-refractivity contribution in [1.82, 2.24) is 15.2 Å². The van der Waals surface area contributed by atoms with Crippen molar-refractivity contribution in [3.63, 3.8) is 0 Å². The predicted octanol–water partition coefficient (Wildman–Crippen LogP) is 3.39. The Labute approximate surface area is 128 Å². The zero-order valence-corrected chi connectivity index (χ0v) is 13.2. The van der Waals surface area contributed by atoms with Crippen LogP contribution in [0.1, 0.15) is 53.5 Å². The summed E-state index contributed by atoms with van der Waals surface area (Å²) < 4.78 is 0. The van der Waals surface area contributed by atoms with Crippen LogP contribution in [0.3, 0.4) is 0 Å². The lowest BCUT2D eigenvalue weighted by Gasteiger charge is -2.03. The third-order valence-corrected chi connectivity index (χ3v) is 4.63. The number of nitrogens with zero attached hydrogens (tertiary/aromatic N) is 2. The smallest absolute Gasteiger partial charge is 0.208 e. The molecule has 5 heteroatoms. The van der Waals surface area contributed by atoms with Crippen molar-refractivity contribution in [3.8, 4) is 0 Å². The molecule has 1 N–H and O–H groups in total. The van der Waals surface area contributed by atoms with E-state index < -0.39 is 0 Å². The third kappa shape index (κ3) is 3.18. The number of aryl methyl sites for hydroxylation is 2. The lowest BCUT2D eigenvalue weighted by atomic mass is 10.0. The topological polar surface area (TPSA) is 58.6 Å². The van der Waals surface area contributed by atoms with E-state index in [-0.39, 0.29) is 5.78 Å². The molecule has 0 atom stereocenters. The van der Waals surface area contributed by atoms with Crippen LogP contribution in [0.15, 0.2) is 23.4 Å². The van der Waals surface area contributed by atoms with Gasteiger partial charge in [0.2, 0.25) is 5.16 Å². The van der Waals surface area contributed by atoms with E-state index in [1.807, 2.05) is 6.07 Å². The summed E-state index contributed by atoms with van der Waals surface area (Å²) in [4.78, 5) is 16.6. The number of thioether (sulfide) groups is 1. The SMILES string of the molecule is CC(C)c1nc(SCC(=O)c2ccc3c(c2)CCC3)n[nH]1. The molecule has 0 spiro atoms. The van der Waals surface area contributed by atoms with Gasteiger partial charge in [-0.1, -0.05) is 37.7 Å². The quantitative estimate of drug-likeness (QED) is 0.679. The Kier molecular flexibility index (Phi) is 4.10. The van der Waals surface area contributed by atoms with E-state index >= 15 is 0 Å². The van der Waals surface area contributed by atoms with E-state index in [0.717, 1.165) is 24.2 Å². The third-order valence-electron chi connectivity index (χ3n) is 3.78. The molecule has 0 amide bonds. The first-order chi connectivity index (χ1) is 10.1. The van der Waals surface area contributed by atoms with E-state index in [2.05, 4.69) is 41.2 Å². The Balaban J connectivity index is 1.63. The van der Waals surface area contributed by atoms with Gasteiger partial charge in [0.25, 0.3) is 0 Å². The van der Waals surface area contributed by atoms with Crippen LogP contribution < -0.4 is 0 Å². The average Bonchev–Trinajstić information content (AvgIpc) is 3.12. The van der Waals surface area contributed by atoms with Gasteiger partial charge in [0.1, 0.15) is 5.82 Å². The molecule has 3 rings (SSSR count). The number of Topliss-reactive ketones (excluding diaryl/α,β-unsaturated/α-hetero) is 1. The molecule has 21 heavy (non-hydrogen) atoms. The molecule has 1 aliphatic carbocycles. The van der Waals surface area contributed by atoms with Crippen LogP contribution >= 0.6 is 11.8 Å². The molecule has 4 nitrogen and oxygen atoms in total. The Bertz CT molecular complexity index is 663. The van der Waals surface area contributed by atoms with Crippen molar-refractivity contribution in [2.45, 2.75) is 44.2 Å². The summed E-state index contributed by atoms with van der Waals surface area (Å²) >= 11 is 1.39. The molecule has 1 aliphatic rings. The van der Waals surface area contributed by atoms with Gasteiger partial charge in [-0.05, 0) is 36.5 Å². The number of carbonyl (C=O) groups is 1. The normalized spacial score (nSPS) is 13.7. The molecule has 0 bridgehead atoms. The maximum Gasteiger partial charge on any atom is 0.208 e. The Morgan fingerprint density at radius 1 is 1.33 bits per heavy atom. The van der Waals surface area contributed by atoms with Crippen molar-refractivity contribution in [1.29, 1.82) is 0 Å². The van der Waals surface area contributed by atoms with Gasteiger partial charge in [0, 0.05) is 11.5 Å². The van der Waals surface area contributed by atoms with E-state index in [1.54, 1.807) is 0 Å². The zero-order chi connectivity index (χ0) is 14.8. The number of fused-ring (bicyclic) bond motifs is 1. The minimum Gasteiger partial charge on any atom is -0.293 e. The average molecular weight is 301 g/mol. The number of carbonyl (C=O) groups excluding carboxylic acids is 1. The number of ketones is 1. The van der Waals surface area contributed by atoms with Crippen molar-refractivity contribution in [2.24, 2.45) is 0 Å². The fourth-order valence-corrected chi connectivity index (χ4v) is 3.24. The Morgan fingerprint density at radius 2 is 2.14 bits per heavy atom. The van der Waals surface area contributed by atoms with E-state index in [0.29, 0.717) is 16.8 Å². The molecule has 0 radical (unpaired) electrons. The Morgan fingerprint density at radius 3 is 2.90 bits per heavy atom. The number of aromatic amines is 1. The van der Waals surface area contributed by atoms with Crippen LogP contribution in [0.2, 0.25) is 0 Å². The van der Waals surface area contributed by atoms with Crippen LogP contribution in [0.25, 0.3) is 0 Å². The monoisotopic (exact) mass is 301 g/mol. The molecule has 110 valence electrons. The second-order valence-electron chi connectivity index (χ2n) is 5.71. The van der Waals surface area contributed by atoms with Crippen molar-refractivity contribution in [2.75, 3.05) is 5.75 Å². The highest BCUT2D eigenvalue weighted by Crippen LogP contribution is 2.24. The summed E-state index contributed by atoms with van der Waals surface area (Å²) in [5.41, 5.74) is 3.54. The fourth-order valence-electron chi connectivity index (χ4n) is 2.54.